The van der Waals surface area contributed by atoms with Crippen LogP contribution in [0.15, 0.2) is 167 Å². The van der Waals surface area contributed by atoms with Crippen LogP contribution in [0.5, 0.6) is 23.0 Å². The molecule has 0 amide bonds. The molecule has 0 aliphatic carbocycles. The molecular weight excluding hydrogens is 829 g/mol. The predicted molar refractivity (Wildman–Crippen MR) is 241 cm³/mol. The molecule has 1 fully saturated rings. The van der Waals surface area contributed by atoms with Crippen LogP contribution in [0.1, 0.15) is 43.0 Å². The molecule has 0 bridgehead atoms. The second-order valence-corrected chi connectivity index (χ2v) is 15.5. The molecule has 3 unspecified atom stereocenters. The highest BCUT2D eigenvalue weighted by atomic mass is 16.7. The van der Waals surface area contributed by atoms with E-state index in [1.807, 2.05) is 121 Å². The lowest BCUT2D eigenvalue weighted by Crippen LogP contribution is -2.61. The Morgan fingerprint density at radius 2 is 1.05 bits per heavy atom. The van der Waals surface area contributed by atoms with Gasteiger partial charge in [-0.05, 0) is 53.4 Å². The van der Waals surface area contributed by atoms with Crippen LogP contribution in [0.25, 0.3) is 22.3 Å². The number of fused-ring (bicyclic) bond motifs is 1. The topological polar surface area (TPSA) is 138 Å². The van der Waals surface area contributed by atoms with Crippen molar-refractivity contribution in [1.82, 2.24) is 0 Å². The van der Waals surface area contributed by atoms with E-state index in [-0.39, 0.29) is 48.0 Å². The number of carbonyl (C=O) groups excluding carboxylic acids is 2. The number of rotatable bonds is 17. The van der Waals surface area contributed by atoms with Crippen LogP contribution < -0.4 is 24.4 Å². The Balaban J connectivity index is 1.24. The van der Waals surface area contributed by atoms with Crippen LogP contribution in [0.4, 0.5) is 0 Å². The van der Waals surface area contributed by atoms with E-state index in [0.717, 1.165) is 22.3 Å². The Kier molecular flexibility index (Phi) is 14.2. The minimum atomic E-state index is -1.40. The maximum absolute atomic E-state index is 15.3. The van der Waals surface area contributed by atoms with Crippen LogP contribution in [-0.2, 0) is 55.0 Å². The minimum absolute atomic E-state index is 0.0283. The lowest BCUT2D eigenvalue weighted by molar-refractivity contribution is -0.287. The molecule has 7 aromatic rings. The Morgan fingerprint density at radius 3 is 1.58 bits per heavy atom. The van der Waals surface area contributed by atoms with Crippen molar-refractivity contribution in [3.8, 4) is 34.3 Å². The van der Waals surface area contributed by atoms with Gasteiger partial charge in [-0.2, -0.15) is 0 Å². The first-order chi connectivity index (χ1) is 31.7. The number of carbonyl (C=O) groups is 2. The number of hydrogen-bond donors (Lipinski definition) is 0. The second kappa shape index (κ2) is 20.8. The van der Waals surface area contributed by atoms with E-state index >= 15 is 4.79 Å². The van der Waals surface area contributed by atoms with Crippen molar-refractivity contribution in [2.24, 2.45) is 0 Å². The molecule has 0 N–H and O–H groups in total. The highest BCUT2D eigenvalue weighted by molar-refractivity contribution is 5.88. The van der Waals surface area contributed by atoms with Crippen molar-refractivity contribution in [3.05, 3.63) is 190 Å². The molecule has 1 aliphatic rings. The molecule has 0 spiro atoms. The smallest absolute Gasteiger partial charge is 0.303 e. The van der Waals surface area contributed by atoms with E-state index in [1.165, 1.54) is 13.8 Å². The van der Waals surface area contributed by atoms with Crippen LogP contribution >= 0.6 is 0 Å². The van der Waals surface area contributed by atoms with Crippen molar-refractivity contribution >= 4 is 22.9 Å². The Morgan fingerprint density at radius 1 is 0.554 bits per heavy atom. The maximum Gasteiger partial charge on any atom is 0.303 e. The van der Waals surface area contributed by atoms with Crippen LogP contribution in [0.2, 0.25) is 0 Å². The third kappa shape index (κ3) is 11.2. The summed E-state index contributed by atoms with van der Waals surface area (Å²) in [5.74, 6) is -0.294. The van der Waals surface area contributed by atoms with Gasteiger partial charge >= 0.3 is 11.9 Å². The molecule has 0 radical (unpaired) electrons. The van der Waals surface area contributed by atoms with E-state index in [1.54, 1.807) is 43.3 Å². The summed E-state index contributed by atoms with van der Waals surface area (Å²) < 4.78 is 56.6. The Labute approximate surface area is 376 Å². The molecule has 1 aromatic heterocycles. The number of benzene rings is 6. The lowest BCUT2D eigenvalue weighted by Gasteiger charge is -2.43. The van der Waals surface area contributed by atoms with E-state index in [2.05, 4.69) is 0 Å². The Bertz CT molecular complexity index is 2720. The molecule has 8 rings (SSSR count). The molecular formula is C53H48O12. The lowest BCUT2D eigenvalue weighted by atomic mass is 9.98. The van der Waals surface area contributed by atoms with Crippen molar-refractivity contribution < 1.29 is 51.9 Å². The van der Waals surface area contributed by atoms with E-state index < -0.39 is 48.1 Å². The molecule has 332 valence electrons. The van der Waals surface area contributed by atoms with E-state index in [0.29, 0.717) is 23.7 Å². The zero-order chi connectivity index (χ0) is 45.1. The molecule has 12 nitrogen and oxygen atoms in total. The largest absolute Gasteiger partial charge is 0.489 e. The normalized spacial score (nSPS) is 18.0. The third-order valence-corrected chi connectivity index (χ3v) is 10.6. The molecule has 2 heterocycles. The van der Waals surface area contributed by atoms with Gasteiger partial charge in [0.05, 0.1) is 12.7 Å². The van der Waals surface area contributed by atoms with Gasteiger partial charge in [0, 0.05) is 31.5 Å². The van der Waals surface area contributed by atoms with Crippen LogP contribution in [0, 0.1) is 0 Å². The maximum atomic E-state index is 15.3. The van der Waals surface area contributed by atoms with Gasteiger partial charge < -0.3 is 42.3 Å². The summed E-state index contributed by atoms with van der Waals surface area (Å²) in [6.45, 7) is 4.88. The standard InChI is InChI=1S/C53H48O12/c1-34-48(62-35(2)54)51(63-36(3)55)52(60-33-40-22-14-7-15-23-40)53(61-34)65-50-47(56)46-44(59-32-39-20-12-6-13-21-39)28-43(58-31-38-18-10-5-11-19-38)29-45(46)64-49(50)41-24-26-42(27-25-41)57-30-37-16-8-4-9-17-37/h4-29,34,48,51-53H,30-33H2,1-3H3/t34?,48-,51?,52?,53-/m0/s1. The predicted octanol–water partition coefficient (Wildman–Crippen LogP) is 9.77. The van der Waals surface area contributed by atoms with Crippen molar-refractivity contribution in [1.29, 1.82) is 0 Å². The second-order valence-electron chi connectivity index (χ2n) is 15.5. The zero-order valence-electron chi connectivity index (χ0n) is 36.1. The molecule has 1 saturated heterocycles. The molecule has 65 heavy (non-hydrogen) atoms. The number of hydrogen-bond acceptors (Lipinski definition) is 12. The summed E-state index contributed by atoms with van der Waals surface area (Å²) in [5.41, 5.74) is 3.64. The van der Waals surface area contributed by atoms with Gasteiger partial charge in [-0.25, -0.2) is 0 Å². The fourth-order valence-corrected chi connectivity index (χ4v) is 7.46. The third-order valence-electron chi connectivity index (χ3n) is 10.6. The summed E-state index contributed by atoms with van der Waals surface area (Å²) in [7, 11) is 0. The van der Waals surface area contributed by atoms with Gasteiger partial charge in [0.2, 0.25) is 17.5 Å². The molecule has 6 aromatic carbocycles. The molecule has 12 heteroatoms. The minimum Gasteiger partial charge on any atom is -0.489 e. The van der Waals surface area contributed by atoms with Crippen molar-refractivity contribution in [3.63, 3.8) is 0 Å². The molecule has 0 saturated carbocycles. The quantitative estimate of drug-likeness (QED) is 0.0806. The van der Waals surface area contributed by atoms with Gasteiger partial charge in [0.25, 0.3) is 0 Å². The Hall–Kier alpha value is -7.41. The molecule has 5 atom stereocenters. The fourth-order valence-electron chi connectivity index (χ4n) is 7.46. The average Bonchev–Trinajstić information content (AvgIpc) is 3.32. The number of ether oxygens (including phenoxy) is 8. The van der Waals surface area contributed by atoms with Gasteiger partial charge in [-0.3, -0.25) is 14.4 Å². The zero-order valence-corrected chi connectivity index (χ0v) is 36.1. The van der Waals surface area contributed by atoms with Crippen LogP contribution in [-0.4, -0.2) is 42.6 Å². The van der Waals surface area contributed by atoms with Gasteiger partial charge in [0.1, 0.15) is 48.0 Å². The van der Waals surface area contributed by atoms with Crippen LogP contribution in [0.3, 0.4) is 0 Å². The summed E-state index contributed by atoms with van der Waals surface area (Å²) in [4.78, 5) is 40.4. The highest BCUT2D eigenvalue weighted by Crippen LogP contribution is 2.40. The highest BCUT2D eigenvalue weighted by Gasteiger charge is 2.51. The van der Waals surface area contributed by atoms with Gasteiger partial charge in [-0.1, -0.05) is 121 Å². The first kappa shape index (κ1) is 44.2. The van der Waals surface area contributed by atoms with Gasteiger partial charge in [-0.15, -0.1) is 0 Å². The van der Waals surface area contributed by atoms with Gasteiger partial charge in [0.15, 0.2) is 24.1 Å². The number of esters is 2. The summed E-state index contributed by atoms with van der Waals surface area (Å²) in [6, 6.07) is 48.7. The summed E-state index contributed by atoms with van der Waals surface area (Å²) in [6.07, 6.45) is -5.81. The first-order valence-corrected chi connectivity index (χ1v) is 21.3. The summed E-state index contributed by atoms with van der Waals surface area (Å²) in [5, 5.41) is 0.0782. The van der Waals surface area contributed by atoms with E-state index in [4.69, 9.17) is 42.3 Å². The first-order valence-electron chi connectivity index (χ1n) is 21.3. The monoisotopic (exact) mass is 876 g/mol. The average molecular weight is 877 g/mol. The fraction of sp³-hybridized carbons (Fsp3) is 0.226. The van der Waals surface area contributed by atoms with Crippen molar-refractivity contribution in [2.45, 2.75) is 77.9 Å². The van der Waals surface area contributed by atoms with E-state index in [9.17, 15) is 9.59 Å². The SMILES string of the molecule is CC(=O)OC1C(OCc2ccccc2)[C@H](Oc2c(-c3ccc(OCc4ccccc4)cc3)oc3cc(OCc4ccccc4)cc(OCc4ccccc4)c3c2=O)OC(C)[C@@H]1OC(C)=O. The summed E-state index contributed by atoms with van der Waals surface area (Å²) >= 11 is 0. The van der Waals surface area contributed by atoms with Crippen molar-refractivity contribution in [2.75, 3.05) is 0 Å². The molecule has 1 aliphatic heterocycles.